The van der Waals surface area contributed by atoms with E-state index in [1.54, 1.807) is 61.5 Å². The first-order chi connectivity index (χ1) is 15.7. The molecule has 0 heterocycles. The van der Waals surface area contributed by atoms with Crippen LogP contribution in [0.5, 0.6) is 0 Å². The van der Waals surface area contributed by atoms with Crippen molar-refractivity contribution in [2.45, 2.75) is 13.5 Å². The van der Waals surface area contributed by atoms with Crippen LogP contribution < -0.4 is 9.62 Å². The van der Waals surface area contributed by atoms with Gasteiger partial charge >= 0.3 is 5.97 Å². The van der Waals surface area contributed by atoms with E-state index in [4.69, 9.17) is 16.3 Å². The first-order valence-electron chi connectivity index (χ1n) is 10.1. The van der Waals surface area contributed by atoms with Gasteiger partial charge < -0.3 is 10.1 Å². The third-order valence-corrected chi connectivity index (χ3v) is 6.23. The van der Waals surface area contributed by atoms with Crippen LogP contribution in [0.3, 0.4) is 0 Å². The number of carbonyl (C=O) groups is 2. The number of benzene rings is 3. The molecule has 0 fully saturated rings. The zero-order valence-electron chi connectivity index (χ0n) is 18.1. The molecule has 172 valence electrons. The lowest BCUT2D eigenvalue weighted by molar-refractivity contribution is 0.0526. The van der Waals surface area contributed by atoms with E-state index >= 15 is 0 Å². The van der Waals surface area contributed by atoms with Gasteiger partial charge in [0, 0.05) is 16.3 Å². The number of hydrogen-bond donors (Lipinski definition) is 1. The van der Waals surface area contributed by atoms with Crippen molar-refractivity contribution < 1.29 is 22.7 Å². The van der Waals surface area contributed by atoms with Crippen LogP contribution in [-0.4, -0.2) is 33.2 Å². The summed E-state index contributed by atoms with van der Waals surface area (Å²) < 4.78 is 31.0. The Hall–Kier alpha value is -3.36. The van der Waals surface area contributed by atoms with E-state index in [1.807, 2.05) is 0 Å². The normalized spacial score (nSPS) is 11.0. The summed E-state index contributed by atoms with van der Waals surface area (Å²) in [5.41, 5.74) is 2.15. The minimum absolute atomic E-state index is 0.0602. The molecule has 0 saturated heterocycles. The Labute approximate surface area is 198 Å². The van der Waals surface area contributed by atoms with Gasteiger partial charge in [-0.05, 0) is 61.0 Å². The van der Waals surface area contributed by atoms with Gasteiger partial charge in [0.25, 0.3) is 5.91 Å². The molecule has 0 aromatic heterocycles. The first kappa shape index (κ1) is 24.3. The summed E-state index contributed by atoms with van der Waals surface area (Å²) in [5, 5.41) is 3.19. The summed E-state index contributed by atoms with van der Waals surface area (Å²) in [4.78, 5) is 24.5. The van der Waals surface area contributed by atoms with Gasteiger partial charge in [-0.15, -0.1) is 0 Å². The Kier molecular flexibility index (Phi) is 7.73. The fourth-order valence-corrected chi connectivity index (χ4v) is 4.18. The average Bonchev–Trinajstić information content (AvgIpc) is 2.78. The van der Waals surface area contributed by atoms with Crippen molar-refractivity contribution in [3.8, 4) is 0 Å². The molecule has 0 radical (unpaired) electrons. The van der Waals surface area contributed by atoms with Crippen LogP contribution >= 0.6 is 11.6 Å². The molecule has 33 heavy (non-hydrogen) atoms. The zero-order valence-corrected chi connectivity index (χ0v) is 19.7. The van der Waals surface area contributed by atoms with Gasteiger partial charge in [0.15, 0.2) is 0 Å². The predicted molar refractivity (Wildman–Crippen MR) is 129 cm³/mol. The smallest absolute Gasteiger partial charge is 0.338 e. The number of sulfonamides is 1. The molecule has 9 heteroatoms. The maximum absolute atomic E-state index is 12.7. The van der Waals surface area contributed by atoms with Crippen molar-refractivity contribution in [1.29, 1.82) is 0 Å². The number of rotatable bonds is 8. The summed E-state index contributed by atoms with van der Waals surface area (Å²) in [6.45, 7) is 2.03. The van der Waals surface area contributed by atoms with Crippen LogP contribution in [0.4, 0.5) is 11.4 Å². The molecule has 1 amide bonds. The molecule has 0 aliphatic carbocycles. The van der Waals surface area contributed by atoms with E-state index in [-0.39, 0.29) is 13.2 Å². The quantitative estimate of drug-likeness (QED) is 0.464. The van der Waals surface area contributed by atoms with Gasteiger partial charge in [-0.3, -0.25) is 9.10 Å². The lowest BCUT2D eigenvalue weighted by atomic mass is 10.1. The van der Waals surface area contributed by atoms with E-state index in [0.29, 0.717) is 33.1 Å². The molecule has 0 aliphatic rings. The van der Waals surface area contributed by atoms with Gasteiger partial charge in [0.05, 0.1) is 30.7 Å². The van der Waals surface area contributed by atoms with Crippen molar-refractivity contribution in [2.75, 3.05) is 22.5 Å². The average molecular weight is 487 g/mol. The molecule has 0 bridgehead atoms. The zero-order chi connectivity index (χ0) is 24.0. The predicted octanol–water partition coefficient (Wildman–Crippen LogP) is 4.74. The molecule has 1 N–H and O–H groups in total. The first-order valence-corrected chi connectivity index (χ1v) is 12.3. The van der Waals surface area contributed by atoms with Gasteiger partial charge in [0.2, 0.25) is 10.0 Å². The van der Waals surface area contributed by atoms with E-state index < -0.39 is 21.9 Å². The molecule has 0 spiro atoms. The number of hydrogen-bond acceptors (Lipinski definition) is 5. The lowest BCUT2D eigenvalue weighted by Crippen LogP contribution is -2.29. The van der Waals surface area contributed by atoms with Crippen molar-refractivity contribution >= 4 is 44.9 Å². The summed E-state index contributed by atoms with van der Waals surface area (Å²) in [6, 6.07) is 19.6. The highest BCUT2D eigenvalue weighted by Gasteiger charge is 2.19. The van der Waals surface area contributed by atoms with Crippen molar-refractivity contribution in [1.82, 2.24) is 0 Å². The molecule has 3 aromatic rings. The maximum Gasteiger partial charge on any atom is 0.338 e. The van der Waals surface area contributed by atoms with E-state index in [1.165, 1.54) is 22.5 Å². The third kappa shape index (κ3) is 6.34. The van der Waals surface area contributed by atoms with Crippen LogP contribution in [0.1, 0.15) is 33.2 Å². The molecule has 0 unspecified atom stereocenters. The molecular formula is C24H23ClN2O5S. The number of nitrogens with one attached hydrogen (secondary N) is 1. The van der Waals surface area contributed by atoms with Crippen LogP contribution in [0.25, 0.3) is 0 Å². The van der Waals surface area contributed by atoms with E-state index in [2.05, 4.69) is 5.32 Å². The second-order valence-electron chi connectivity index (χ2n) is 7.16. The Morgan fingerprint density at radius 1 is 0.970 bits per heavy atom. The van der Waals surface area contributed by atoms with E-state index in [9.17, 15) is 18.0 Å². The maximum atomic E-state index is 12.7. The van der Waals surface area contributed by atoms with Crippen LogP contribution in [-0.2, 0) is 21.3 Å². The number of carbonyl (C=O) groups excluding carboxylic acids is 2. The minimum Gasteiger partial charge on any atom is -0.462 e. The molecule has 0 aliphatic heterocycles. The molecule has 3 aromatic carbocycles. The van der Waals surface area contributed by atoms with Gasteiger partial charge in [-0.2, -0.15) is 0 Å². The third-order valence-electron chi connectivity index (χ3n) is 4.72. The summed E-state index contributed by atoms with van der Waals surface area (Å²) >= 11 is 6.19. The number of anilines is 2. The molecule has 3 rings (SSSR count). The summed E-state index contributed by atoms with van der Waals surface area (Å²) in [5.74, 6) is -0.878. The Morgan fingerprint density at radius 3 is 2.30 bits per heavy atom. The number of halogens is 1. The van der Waals surface area contributed by atoms with Gasteiger partial charge in [0.1, 0.15) is 0 Å². The highest BCUT2D eigenvalue weighted by Crippen LogP contribution is 2.25. The summed E-state index contributed by atoms with van der Waals surface area (Å²) in [7, 11) is -3.60. The second-order valence-corrected chi connectivity index (χ2v) is 9.48. The highest BCUT2D eigenvalue weighted by molar-refractivity contribution is 7.92. The molecule has 0 saturated carbocycles. The fourth-order valence-electron chi connectivity index (χ4n) is 3.10. The summed E-state index contributed by atoms with van der Waals surface area (Å²) in [6.07, 6.45) is 1.11. The van der Waals surface area contributed by atoms with Gasteiger partial charge in [-0.1, -0.05) is 35.9 Å². The standard InChI is InChI=1S/C24H23ClN2O5S/c1-3-32-24(29)18-8-6-9-20(15-18)26-23(28)17-11-13-21(14-12-17)27(33(2,30)31)16-19-7-4-5-10-22(19)25/h4-15H,3,16H2,1-2H3,(H,26,28). The van der Waals surface area contributed by atoms with Crippen molar-refractivity contribution in [3.63, 3.8) is 0 Å². The Morgan fingerprint density at radius 2 is 1.67 bits per heavy atom. The lowest BCUT2D eigenvalue weighted by Gasteiger charge is -2.23. The highest BCUT2D eigenvalue weighted by atomic mass is 35.5. The monoisotopic (exact) mass is 486 g/mol. The van der Waals surface area contributed by atoms with Crippen molar-refractivity contribution in [3.05, 3.63) is 94.5 Å². The second kappa shape index (κ2) is 10.5. The minimum atomic E-state index is -3.60. The molecule has 7 nitrogen and oxygen atoms in total. The van der Waals surface area contributed by atoms with Crippen LogP contribution in [0, 0.1) is 0 Å². The Bertz CT molecular complexity index is 1260. The Balaban J connectivity index is 1.78. The number of amides is 1. The molecule has 0 atom stereocenters. The van der Waals surface area contributed by atoms with Gasteiger partial charge in [-0.25, -0.2) is 13.2 Å². The largest absolute Gasteiger partial charge is 0.462 e. The number of ether oxygens (including phenoxy) is 1. The number of esters is 1. The van der Waals surface area contributed by atoms with Crippen LogP contribution in [0.15, 0.2) is 72.8 Å². The SMILES string of the molecule is CCOC(=O)c1cccc(NC(=O)c2ccc(N(Cc3ccccc3Cl)S(C)(=O)=O)cc2)c1. The number of nitrogens with zero attached hydrogens (tertiary/aromatic N) is 1. The molecular weight excluding hydrogens is 464 g/mol. The van der Waals surface area contributed by atoms with Crippen molar-refractivity contribution in [2.24, 2.45) is 0 Å². The van der Waals surface area contributed by atoms with E-state index in [0.717, 1.165) is 6.26 Å². The fraction of sp³-hybridized carbons (Fsp3) is 0.167. The topological polar surface area (TPSA) is 92.8 Å². The van der Waals surface area contributed by atoms with Crippen LogP contribution in [0.2, 0.25) is 5.02 Å².